The number of rotatable bonds is 7. The molecule has 2 heterocycles. The summed E-state index contributed by atoms with van der Waals surface area (Å²) >= 11 is 0. The second-order valence-electron chi connectivity index (χ2n) is 4.88. The molecule has 1 aromatic carbocycles. The molecule has 21 heavy (non-hydrogen) atoms. The van der Waals surface area contributed by atoms with Crippen LogP contribution in [0.25, 0.3) is 5.65 Å². The first-order valence-corrected chi connectivity index (χ1v) is 7.23. The monoisotopic (exact) mass is 281 g/mol. The van der Waals surface area contributed by atoms with Crippen LogP contribution < -0.4 is 10.1 Å². The van der Waals surface area contributed by atoms with E-state index in [1.54, 1.807) is 6.20 Å². The van der Waals surface area contributed by atoms with Gasteiger partial charge in [0.2, 0.25) is 0 Å². The van der Waals surface area contributed by atoms with Crippen molar-refractivity contribution in [1.82, 2.24) is 14.7 Å². The molecule has 3 rings (SSSR count). The van der Waals surface area contributed by atoms with Crippen molar-refractivity contribution in [2.24, 2.45) is 0 Å². The van der Waals surface area contributed by atoms with E-state index in [9.17, 15) is 0 Å². The zero-order valence-electron chi connectivity index (χ0n) is 11.9. The SMILES string of the molecule is c1ccc(CNCCCOc2cccc3nccn23)cc1. The molecule has 0 radical (unpaired) electrons. The fourth-order valence-electron chi connectivity index (χ4n) is 2.24. The fourth-order valence-corrected chi connectivity index (χ4v) is 2.24. The van der Waals surface area contributed by atoms with E-state index in [2.05, 4.69) is 34.6 Å². The van der Waals surface area contributed by atoms with E-state index in [1.165, 1.54) is 5.56 Å². The maximum Gasteiger partial charge on any atom is 0.199 e. The predicted octanol–water partition coefficient (Wildman–Crippen LogP) is 2.89. The van der Waals surface area contributed by atoms with Crippen molar-refractivity contribution in [3.8, 4) is 5.88 Å². The number of aromatic nitrogens is 2. The van der Waals surface area contributed by atoms with Crippen LogP contribution in [0.5, 0.6) is 5.88 Å². The molecule has 0 aliphatic rings. The van der Waals surface area contributed by atoms with Crippen LogP contribution in [0.3, 0.4) is 0 Å². The van der Waals surface area contributed by atoms with Gasteiger partial charge in [0.1, 0.15) is 5.65 Å². The molecule has 0 saturated carbocycles. The minimum absolute atomic E-state index is 0.694. The molecular weight excluding hydrogens is 262 g/mol. The molecule has 0 aliphatic carbocycles. The first-order chi connectivity index (χ1) is 10.4. The van der Waals surface area contributed by atoms with Crippen molar-refractivity contribution in [2.45, 2.75) is 13.0 Å². The normalized spacial score (nSPS) is 10.9. The summed E-state index contributed by atoms with van der Waals surface area (Å²) in [4.78, 5) is 4.24. The van der Waals surface area contributed by atoms with E-state index in [-0.39, 0.29) is 0 Å². The molecule has 0 amide bonds. The second-order valence-corrected chi connectivity index (χ2v) is 4.88. The number of imidazole rings is 1. The quantitative estimate of drug-likeness (QED) is 0.677. The van der Waals surface area contributed by atoms with Crippen LogP contribution in [0.4, 0.5) is 0 Å². The topological polar surface area (TPSA) is 38.6 Å². The Bertz CT molecular complexity index is 679. The minimum atomic E-state index is 0.694. The van der Waals surface area contributed by atoms with Crippen molar-refractivity contribution in [1.29, 1.82) is 0 Å². The average molecular weight is 281 g/mol. The molecule has 1 N–H and O–H groups in total. The molecule has 3 aromatic rings. The smallest absolute Gasteiger partial charge is 0.199 e. The van der Waals surface area contributed by atoms with Gasteiger partial charge in [-0.1, -0.05) is 36.4 Å². The molecule has 0 atom stereocenters. The van der Waals surface area contributed by atoms with Crippen molar-refractivity contribution in [2.75, 3.05) is 13.2 Å². The molecule has 4 nitrogen and oxygen atoms in total. The third-order valence-corrected chi connectivity index (χ3v) is 3.31. The number of hydrogen-bond acceptors (Lipinski definition) is 3. The lowest BCUT2D eigenvalue weighted by Crippen LogP contribution is -2.17. The Kier molecular flexibility index (Phi) is 4.49. The lowest BCUT2D eigenvalue weighted by atomic mass is 10.2. The third kappa shape index (κ3) is 3.61. The van der Waals surface area contributed by atoms with Gasteiger partial charge in [0.15, 0.2) is 5.88 Å². The summed E-state index contributed by atoms with van der Waals surface area (Å²) in [5.74, 6) is 0.841. The molecule has 2 aromatic heterocycles. The van der Waals surface area contributed by atoms with Gasteiger partial charge in [-0.3, -0.25) is 4.40 Å². The van der Waals surface area contributed by atoms with Gasteiger partial charge in [-0.25, -0.2) is 4.98 Å². The zero-order valence-corrected chi connectivity index (χ0v) is 11.9. The predicted molar refractivity (Wildman–Crippen MR) is 83.5 cm³/mol. The van der Waals surface area contributed by atoms with E-state index in [0.717, 1.165) is 31.0 Å². The first kappa shape index (κ1) is 13.6. The third-order valence-electron chi connectivity index (χ3n) is 3.31. The van der Waals surface area contributed by atoms with Crippen LogP contribution in [0.1, 0.15) is 12.0 Å². The molecule has 108 valence electrons. The van der Waals surface area contributed by atoms with Gasteiger partial charge in [-0.2, -0.15) is 0 Å². The van der Waals surface area contributed by atoms with Crippen molar-refractivity contribution < 1.29 is 4.74 Å². The van der Waals surface area contributed by atoms with Gasteiger partial charge in [-0.05, 0) is 30.7 Å². The summed E-state index contributed by atoms with van der Waals surface area (Å²) in [6.07, 6.45) is 4.67. The van der Waals surface area contributed by atoms with E-state index in [4.69, 9.17) is 4.74 Å². The Hall–Kier alpha value is -2.33. The Labute approximate surface area is 124 Å². The summed E-state index contributed by atoms with van der Waals surface area (Å²) < 4.78 is 7.77. The van der Waals surface area contributed by atoms with E-state index >= 15 is 0 Å². The fraction of sp³-hybridized carbons (Fsp3) is 0.235. The summed E-state index contributed by atoms with van der Waals surface area (Å²) in [6, 6.07) is 16.3. The van der Waals surface area contributed by atoms with E-state index in [0.29, 0.717) is 6.61 Å². The minimum Gasteiger partial charge on any atom is -0.479 e. The van der Waals surface area contributed by atoms with Gasteiger partial charge in [0.05, 0.1) is 6.61 Å². The Morgan fingerprint density at radius 2 is 1.95 bits per heavy atom. The van der Waals surface area contributed by atoms with Crippen molar-refractivity contribution >= 4 is 5.65 Å². The number of nitrogens with one attached hydrogen (secondary N) is 1. The van der Waals surface area contributed by atoms with Gasteiger partial charge < -0.3 is 10.1 Å². The Morgan fingerprint density at radius 3 is 2.86 bits per heavy atom. The number of hydrogen-bond donors (Lipinski definition) is 1. The number of pyridine rings is 1. The van der Waals surface area contributed by atoms with Crippen LogP contribution in [-0.2, 0) is 6.54 Å². The summed E-state index contributed by atoms with van der Waals surface area (Å²) in [7, 11) is 0. The van der Waals surface area contributed by atoms with Crippen molar-refractivity contribution in [3.05, 3.63) is 66.5 Å². The molecule has 0 saturated heterocycles. The van der Waals surface area contributed by atoms with Gasteiger partial charge >= 0.3 is 0 Å². The lowest BCUT2D eigenvalue weighted by Gasteiger charge is -2.09. The van der Waals surface area contributed by atoms with Gasteiger partial charge in [0, 0.05) is 18.9 Å². The first-order valence-electron chi connectivity index (χ1n) is 7.23. The van der Waals surface area contributed by atoms with E-state index < -0.39 is 0 Å². The summed E-state index contributed by atoms with van der Waals surface area (Å²) in [5, 5.41) is 3.42. The molecule has 0 unspecified atom stereocenters. The largest absolute Gasteiger partial charge is 0.479 e. The highest BCUT2D eigenvalue weighted by Crippen LogP contribution is 2.13. The highest BCUT2D eigenvalue weighted by atomic mass is 16.5. The van der Waals surface area contributed by atoms with Gasteiger partial charge in [0.25, 0.3) is 0 Å². The maximum atomic E-state index is 5.81. The number of benzene rings is 1. The molecule has 4 heteroatoms. The number of nitrogens with zero attached hydrogens (tertiary/aromatic N) is 2. The van der Waals surface area contributed by atoms with Crippen LogP contribution >= 0.6 is 0 Å². The van der Waals surface area contributed by atoms with Crippen LogP contribution in [0, 0.1) is 0 Å². The highest BCUT2D eigenvalue weighted by molar-refractivity contribution is 5.41. The average Bonchev–Trinajstić information content (AvgIpc) is 3.01. The summed E-state index contributed by atoms with van der Waals surface area (Å²) in [5.41, 5.74) is 2.22. The van der Waals surface area contributed by atoms with E-state index in [1.807, 2.05) is 34.9 Å². The molecule has 0 aliphatic heterocycles. The summed E-state index contributed by atoms with van der Waals surface area (Å²) in [6.45, 7) is 2.53. The second kappa shape index (κ2) is 6.90. The lowest BCUT2D eigenvalue weighted by molar-refractivity contribution is 0.293. The Balaban J connectivity index is 1.40. The van der Waals surface area contributed by atoms with Crippen molar-refractivity contribution in [3.63, 3.8) is 0 Å². The van der Waals surface area contributed by atoms with Gasteiger partial charge in [-0.15, -0.1) is 0 Å². The van der Waals surface area contributed by atoms with Crippen LogP contribution in [0.2, 0.25) is 0 Å². The van der Waals surface area contributed by atoms with Crippen LogP contribution in [0.15, 0.2) is 60.9 Å². The molecule has 0 fully saturated rings. The zero-order chi connectivity index (χ0) is 14.3. The maximum absolute atomic E-state index is 5.81. The number of ether oxygens (including phenoxy) is 1. The number of fused-ring (bicyclic) bond motifs is 1. The molecule has 0 spiro atoms. The standard InChI is InChI=1S/C17H19N3O/c1-2-6-15(7-3-1)14-18-10-5-13-21-17-9-4-8-16-19-11-12-20(16)17/h1-4,6-9,11-12,18H,5,10,13-14H2. The van der Waals surface area contributed by atoms with Crippen LogP contribution in [-0.4, -0.2) is 22.5 Å². The molecule has 0 bridgehead atoms. The Morgan fingerprint density at radius 1 is 1.05 bits per heavy atom. The molecular formula is C17H19N3O. The highest BCUT2D eigenvalue weighted by Gasteiger charge is 2.00.